The van der Waals surface area contributed by atoms with Crippen molar-refractivity contribution in [3.8, 4) is 11.1 Å². The molecule has 8 nitrogen and oxygen atoms in total. The maximum absolute atomic E-state index is 7.80. The second-order valence-electron chi connectivity index (χ2n) is 4.74. The Kier molecular flexibility index (Phi) is 7.01. The number of hydrogen-bond acceptors (Lipinski definition) is 4. The SMILES string of the molecule is N=NN/C(=N/C(=N)Nc1cc(Cl)c(-c2ccc(Cl)cc2Cl)c(Cl)c1)NN. The highest BCUT2D eigenvalue weighted by atomic mass is 35.5. The van der Waals surface area contributed by atoms with Gasteiger partial charge in [-0.25, -0.2) is 11.3 Å². The standard InChI is InChI=1S/C14H12Cl4N8/c15-6-1-2-8(9(16)3-6)12-10(17)4-7(5-11(12)18)22-13(19)23-14(24-20)25-26-21/h1-5H,20H2,(H5,19,21,22,23,24,25). The van der Waals surface area contributed by atoms with Crippen LogP contribution in [0.2, 0.25) is 20.1 Å². The molecule has 0 atom stereocenters. The Morgan fingerprint density at radius 3 is 2.19 bits per heavy atom. The molecule has 0 aromatic heterocycles. The zero-order chi connectivity index (χ0) is 19.3. The summed E-state index contributed by atoms with van der Waals surface area (Å²) >= 11 is 24.8. The van der Waals surface area contributed by atoms with Crippen molar-refractivity contribution >= 4 is 64.0 Å². The van der Waals surface area contributed by atoms with Crippen LogP contribution in [0.5, 0.6) is 0 Å². The number of anilines is 1. The predicted molar refractivity (Wildman–Crippen MR) is 106 cm³/mol. The number of rotatable bonds is 3. The maximum Gasteiger partial charge on any atom is 0.235 e. The van der Waals surface area contributed by atoms with E-state index in [2.05, 4.69) is 26.4 Å². The van der Waals surface area contributed by atoms with Gasteiger partial charge in [0.2, 0.25) is 11.9 Å². The molecule has 0 aliphatic rings. The summed E-state index contributed by atoms with van der Waals surface area (Å²) in [6.45, 7) is 0. The molecule has 0 amide bonds. The summed E-state index contributed by atoms with van der Waals surface area (Å²) in [5.41, 5.74) is 12.6. The van der Waals surface area contributed by atoms with Crippen LogP contribution in [-0.2, 0) is 0 Å². The molecule has 0 fully saturated rings. The number of halogens is 4. The topological polar surface area (TPSA) is 135 Å². The van der Waals surface area contributed by atoms with Crippen molar-refractivity contribution in [3.05, 3.63) is 50.4 Å². The van der Waals surface area contributed by atoms with Crippen LogP contribution in [0, 0.1) is 10.9 Å². The Morgan fingerprint density at radius 2 is 1.65 bits per heavy atom. The zero-order valence-corrected chi connectivity index (χ0v) is 15.9. The first-order valence-electron chi connectivity index (χ1n) is 6.83. The Labute approximate surface area is 168 Å². The Hall–Kier alpha value is -2.10. The average molecular weight is 434 g/mol. The fourth-order valence-electron chi connectivity index (χ4n) is 2.01. The lowest BCUT2D eigenvalue weighted by molar-refractivity contribution is 0.816. The van der Waals surface area contributed by atoms with Crippen LogP contribution >= 0.6 is 46.4 Å². The first-order chi connectivity index (χ1) is 12.3. The van der Waals surface area contributed by atoms with Crippen molar-refractivity contribution in [3.63, 3.8) is 0 Å². The van der Waals surface area contributed by atoms with Crippen LogP contribution in [0.15, 0.2) is 40.5 Å². The zero-order valence-electron chi connectivity index (χ0n) is 12.9. The van der Waals surface area contributed by atoms with Crippen molar-refractivity contribution < 1.29 is 0 Å². The van der Waals surface area contributed by atoms with Crippen LogP contribution in [-0.4, -0.2) is 11.9 Å². The predicted octanol–water partition coefficient (Wildman–Crippen LogP) is 4.67. The van der Waals surface area contributed by atoms with Crippen LogP contribution in [0.1, 0.15) is 0 Å². The van der Waals surface area contributed by atoms with Crippen molar-refractivity contribution in [2.24, 2.45) is 16.1 Å². The van der Waals surface area contributed by atoms with Crippen molar-refractivity contribution in [1.82, 2.24) is 10.9 Å². The molecule has 0 heterocycles. The highest BCUT2D eigenvalue weighted by Crippen LogP contribution is 2.41. The normalized spacial score (nSPS) is 11.0. The molecule has 0 aliphatic carbocycles. The summed E-state index contributed by atoms with van der Waals surface area (Å²) in [5.74, 6) is 4.79. The molecule has 12 heteroatoms. The third kappa shape index (κ3) is 4.96. The van der Waals surface area contributed by atoms with E-state index < -0.39 is 0 Å². The van der Waals surface area contributed by atoms with Gasteiger partial charge >= 0.3 is 0 Å². The van der Waals surface area contributed by atoms with E-state index in [9.17, 15) is 0 Å². The van der Waals surface area contributed by atoms with E-state index in [1.165, 1.54) is 0 Å². The highest BCUT2D eigenvalue weighted by molar-refractivity contribution is 6.42. The molecule has 136 valence electrons. The summed E-state index contributed by atoms with van der Waals surface area (Å²) in [6, 6.07) is 8.11. The number of aliphatic imine (C=N–C) groups is 1. The Balaban J connectivity index is 2.32. The molecule has 7 N–H and O–H groups in total. The number of benzene rings is 2. The highest BCUT2D eigenvalue weighted by Gasteiger charge is 2.14. The lowest BCUT2D eigenvalue weighted by Crippen LogP contribution is -2.39. The first kappa shape index (κ1) is 20.2. The Bertz CT molecular complexity index is 860. The van der Waals surface area contributed by atoms with Crippen LogP contribution < -0.4 is 22.0 Å². The van der Waals surface area contributed by atoms with Crippen molar-refractivity contribution in [2.45, 2.75) is 0 Å². The molecular weight excluding hydrogens is 422 g/mol. The van der Waals surface area contributed by atoms with Crippen molar-refractivity contribution in [1.29, 1.82) is 10.9 Å². The molecule has 2 aromatic rings. The van der Waals surface area contributed by atoms with E-state index in [0.29, 0.717) is 36.9 Å². The maximum atomic E-state index is 7.80. The van der Waals surface area contributed by atoms with Gasteiger partial charge in [0, 0.05) is 26.9 Å². The van der Waals surface area contributed by atoms with E-state index in [1.807, 2.05) is 0 Å². The second kappa shape index (κ2) is 9.02. The fraction of sp³-hybridized carbons (Fsp3) is 0. The van der Waals surface area contributed by atoms with Gasteiger partial charge in [0.05, 0.1) is 10.0 Å². The number of nitrogens with zero attached hydrogens (tertiary/aromatic N) is 2. The number of nitrogens with one attached hydrogen (secondary N) is 5. The molecule has 0 radical (unpaired) electrons. The van der Waals surface area contributed by atoms with Crippen LogP contribution in [0.25, 0.3) is 11.1 Å². The molecule has 2 rings (SSSR count). The molecule has 2 aromatic carbocycles. The summed E-state index contributed by atoms with van der Waals surface area (Å²) < 4.78 is 0. The largest absolute Gasteiger partial charge is 0.324 e. The smallest absolute Gasteiger partial charge is 0.235 e. The number of hydrazine groups is 1. The molecule has 0 saturated carbocycles. The quantitative estimate of drug-likeness (QED) is 0.138. The van der Waals surface area contributed by atoms with Gasteiger partial charge in [0.15, 0.2) is 0 Å². The molecule has 0 aliphatic heterocycles. The minimum Gasteiger partial charge on any atom is -0.324 e. The number of nitrogens with two attached hydrogens (primary N) is 1. The van der Waals surface area contributed by atoms with Gasteiger partial charge in [-0.1, -0.05) is 57.7 Å². The first-order valence-corrected chi connectivity index (χ1v) is 8.34. The van der Waals surface area contributed by atoms with E-state index in [0.717, 1.165) is 0 Å². The molecular formula is C14H12Cl4N8. The monoisotopic (exact) mass is 432 g/mol. The fourth-order valence-corrected chi connectivity index (χ4v) is 3.21. The van der Waals surface area contributed by atoms with E-state index in [4.69, 9.17) is 63.2 Å². The summed E-state index contributed by atoms with van der Waals surface area (Å²) in [7, 11) is 0. The number of hydrogen-bond donors (Lipinski definition) is 6. The lowest BCUT2D eigenvalue weighted by atomic mass is 10.0. The van der Waals surface area contributed by atoms with E-state index in [1.54, 1.807) is 30.3 Å². The third-order valence-corrected chi connectivity index (χ3v) is 4.17. The van der Waals surface area contributed by atoms with Gasteiger partial charge in [-0.3, -0.25) is 10.8 Å². The minimum atomic E-state index is -0.293. The van der Waals surface area contributed by atoms with E-state index in [-0.39, 0.29) is 11.9 Å². The van der Waals surface area contributed by atoms with Gasteiger partial charge in [-0.2, -0.15) is 10.5 Å². The summed E-state index contributed by atoms with van der Waals surface area (Å²) in [5, 5.41) is 14.9. The number of guanidine groups is 2. The minimum absolute atomic E-state index is 0.0979. The van der Waals surface area contributed by atoms with Gasteiger partial charge in [0.1, 0.15) is 0 Å². The molecule has 0 unspecified atom stereocenters. The van der Waals surface area contributed by atoms with Crippen molar-refractivity contribution in [2.75, 3.05) is 5.32 Å². The molecule has 0 saturated heterocycles. The molecule has 0 bridgehead atoms. The second-order valence-corrected chi connectivity index (χ2v) is 6.40. The van der Waals surface area contributed by atoms with E-state index >= 15 is 0 Å². The average Bonchev–Trinajstić information content (AvgIpc) is 2.55. The molecule has 0 spiro atoms. The van der Waals surface area contributed by atoms with Gasteiger partial charge in [-0.05, 0) is 24.3 Å². The van der Waals surface area contributed by atoms with Crippen LogP contribution in [0.3, 0.4) is 0 Å². The van der Waals surface area contributed by atoms with Gasteiger partial charge < -0.3 is 5.32 Å². The molecule has 26 heavy (non-hydrogen) atoms. The summed E-state index contributed by atoms with van der Waals surface area (Å²) in [4.78, 5) is 3.75. The van der Waals surface area contributed by atoms with Crippen LogP contribution in [0.4, 0.5) is 5.69 Å². The lowest BCUT2D eigenvalue weighted by Gasteiger charge is -2.13. The summed E-state index contributed by atoms with van der Waals surface area (Å²) in [6.07, 6.45) is 0. The Morgan fingerprint density at radius 1 is 1.00 bits per heavy atom. The van der Waals surface area contributed by atoms with Gasteiger partial charge in [-0.15, -0.1) is 0 Å². The van der Waals surface area contributed by atoms with Gasteiger partial charge in [0.25, 0.3) is 0 Å². The third-order valence-electron chi connectivity index (χ3n) is 3.03.